The van der Waals surface area contributed by atoms with Gasteiger partial charge in [0.2, 0.25) is 5.76 Å². The van der Waals surface area contributed by atoms with Crippen LogP contribution in [0, 0.1) is 0 Å². The first kappa shape index (κ1) is 9.33. The van der Waals surface area contributed by atoms with Crippen LogP contribution in [0.4, 0.5) is 0 Å². The maximum absolute atomic E-state index is 11.7. The third kappa shape index (κ3) is 1.82. The number of nitrogens with two attached hydrogens (primary N) is 1. The number of amides is 1. The topological polar surface area (TPSA) is 64.8 Å². The molecule has 0 unspecified atom stereocenters. The Kier molecular flexibility index (Phi) is 2.58. The van der Waals surface area contributed by atoms with Crippen LogP contribution in [-0.2, 0) is 14.3 Å². The maximum atomic E-state index is 11.7. The fraction of sp³-hybridized carbons (Fsp3) is 0.667. The minimum Gasteiger partial charge on any atom is -0.494 e. The Morgan fingerprint density at radius 1 is 1.57 bits per heavy atom. The van der Waals surface area contributed by atoms with Crippen LogP contribution in [0.5, 0.6) is 0 Å². The van der Waals surface area contributed by atoms with E-state index in [9.17, 15) is 4.79 Å². The number of likely N-dealkylation sites (tertiary alicyclic amines) is 1. The Balaban J connectivity index is 1.97. The number of hydrogen-bond donors (Lipinski definition) is 1. The fourth-order valence-corrected chi connectivity index (χ4v) is 1.61. The molecule has 1 atom stereocenters. The first-order valence-electron chi connectivity index (χ1n) is 4.77. The van der Waals surface area contributed by atoms with Gasteiger partial charge in [-0.3, -0.25) is 4.79 Å². The molecular weight excluding hydrogens is 184 g/mol. The van der Waals surface area contributed by atoms with E-state index in [0.717, 1.165) is 6.42 Å². The molecule has 5 heteroatoms. The molecule has 1 amide bonds. The van der Waals surface area contributed by atoms with E-state index in [-0.39, 0.29) is 11.9 Å². The summed E-state index contributed by atoms with van der Waals surface area (Å²) in [6, 6.07) is 0.101. The standard InChI is InChI=1S/C9H14N2O3/c10-7-1-2-11(5-7)9(12)8-6-13-3-4-14-8/h6-7H,1-5,10H2/t7-/m1/s1. The number of carbonyl (C=O) groups is 1. The SMILES string of the molecule is N[C@@H]1CCN(C(=O)C2=COCCO2)C1. The second-order valence-corrected chi connectivity index (χ2v) is 3.50. The smallest absolute Gasteiger partial charge is 0.292 e. The number of carbonyl (C=O) groups excluding carboxylic acids is 1. The van der Waals surface area contributed by atoms with Gasteiger partial charge in [-0.1, -0.05) is 0 Å². The molecule has 5 nitrogen and oxygen atoms in total. The van der Waals surface area contributed by atoms with Gasteiger partial charge in [0.25, 0.3) is 5.91 Å². The highest BCUT2D eigenvalue weighted by Crippen LogP contribution is 2.13. The third-order valence-electron chi connectivity index (χ3n) is 2.37. The van der Waals surface area contributed by atoms with E-state index in [1.807, 2.05) is 0 Å². The first-order valence-corrected chi connectivity index (χ1v) is 4.77. The van der Waals surface area contributed by atoms with Gasteiger partial charge >= 0.3 is 0 Å². The molecule has 0 aromatic heterocycles. The summed E-state index contributed by atoms with van der Waals surface area (Å²) in [5.41, 5.74) is 5.71. The molecule has 0 radical (unpaired) electrons. The summed E-state index contributed by atoms with van der Waals surface area (Å²) in [4.78, 5) is 13.4. The molecule has 2 rings (SSSR count). The van der Waals surface area contributed by atoms with Crippen molar-refractivity contribution in [2.45, 2.75) is 12.5 Å². The van der Waals surface area contributed by atoms with E-state index in [1.54, 1.807) is 4.90 Å². The lowest BCUT2D eigenvalue weighted by molar-refractivity contribution is -0.131. The molecule has 0 aromatic rings. The molecule has 2 aliphatic rings. The summed E-state index contributed by atoms with van der Waals surface area (Å²) < 4.78 is 10.2. The molecule has 2 heterocycles. The average Bonchev–Trinajstić information content (AvgIpc) is 2.65. The molecule has 0 saturated carbocycles. The molecule has 0 aliphatic carbocycles. The molecule has 2 N–H and O–H groups in total. The number of rotatable bonds is 1. The summed E-state index contributed by atoms with van der Waals surface area (Å²) in [6.07, 6.45) is 2.25. The van der Waals surface area contributed by atoms with Gasteiger partial charge in [-0.2, -0.15) is 0 Å². The molecule has 0 bridgehead atoms. The monoisotopic (exact) mass is 198 g/mol. The Morgan fingerprint density at radius 2 is 2.43 bits per heavy atom. The first-order chi connectivity index (χ1) is 6.77. The number of ether oxygens (including phenoxy) is 2. The van der Waals surface area contributed by atoms with Gasteiger partial charge < -0.3 is 20.1 Å². The zero-order chi connectivity index (χ0) is 9.97. The molecule has 0 spiro atoms. The van der Waals surface area contributed by atoms with Crippen molar-refractivity contribution in [1.82, 2.24) is 4.90 Å². The maximum Gasteiger partial charge on any atom is 0.292 e. The van der Waals surface area contributed by atoms with Gasteiger partial charge in [-0.25, -0.2) is 0 Å². The molecule has 78 valence electrons. The van der Waals surface area contributed by atoms with Crippen LogP contribution >= 0.6 is 0 Å². The van der Waals surface area contributed by atoms with E-state index >= 15 is 0 Å². The fourth-order valence-electron chi connectivity index (χ4n) is 1.61. The van der Waals surface area contributed by atoms with Gasteiger partial charge in [0.05, 0.1) is 0 Å². The predicted molar refractivity (Wildman–Crippen MR) is 49.2 cm³/mol. The minimum absolute atomic E-state index is 0.101. The minimum atomic E-state index is -0.113. The predicted octanol–water partition coefficient (Wildman–Crippen LogP) is -0.566. The van der Waals surface area contributed by atoms with Gasteiger partial charge in [-0.15, -0.1) is 0 Å². The number of nitrogens with zero attached hydrogens (tertiary/aromatic N) is 1. The molecule has 14 heavy (non-hydrogen) atoms. The second-order valence-electron chi connectivity index (χ2n) is 3.50. The third-order valence-corrected chi connectivity index (χ3v) is 2.37. The van der Waals surface area contributed by atoms with E-state index in [1.165, 1.54) is 6.26 Å². The van der Waals surface area contributed by atoms with Crippen molar-refractivity contribution in [2.75, 3.05) is 26.3 Å². The van der Waals surface area contributed by atoms with Crippen molar-refractivity contribution in [3.63, 3.8) is 0 Å². The lowest BCUT2D eigenvalue weighted by Gasteiger charge is -2.20. The summed E-state index contributed by atoms with van der Waals surface area (Å²) in [7, 11) is 0. The second kappa shape index (κ2) is 3.88. The van der Waals surface area contributed by atoms with Crippen LogP contribution in [0.15, 0.2) is 12.0 Å². The summed E-state index contributed by atoms with van der Waals surface area (Å²) >= 11 is 0. The molecule has 0 aromatic carbocycles. The van der Waals surface area contributed by atoms with Crippen LogP contribution in [0.1, 0.15) is 6.42 Å². The Hall–Kier alpha value is -1.23. The zero-order valence-corrected chi connectivity index (χ0v) is 7.94. The Labute approximate surface area is 82.4 Å². The van der Waals surface area contributed by atoms with E-state index in [2.05, 4.69) is 0 Å². The molecular formula is C9H14N2O3. The van der Waals surface area contributed by atoms with Crippen LogP contribution in [0.3, 0.4) is 0 Å². The van der Waals surface area contributed by atoms with E-state index in [4.69, 9.17) is 15.2 Å². The summed E-state index contributed by atoms with van der Waals surface area (Å²) in [6.45, 7) is 2.27. The van der Waals surface area contributed by atoms with Crippen molar-refractivity contribution in [3.8, 4) is 0 Å². The van der Waals surface area contributed by atoms with Gasteiger partial charge in [0.15, 0.2) is 0 Å². The Bertz CT molecular complexity index is 265. The zero-order valence-electron chi connectivity index (χ0n) is 7.94. The van der Waals surface area contributed by atoms with Crippen molar-refractivity contribution < 1.29 is 14.3 Å². The van der Waals surface area contributed by atoms with Gasteiger partial charge in [-0.05, 0) is 6.42 Å². The lowest BCUT2D eigenvalue weighted by atomic mass is 10.3. The summed E-state index contributed by atoms with van der Waals surface area (Å²) in [5.74, 6) is 0.183. The average molecular weight is 198 g/mol. The lowest BCUT2D eigenvalue weighted by Crippen LogP contribution is -2.34. The van der Waals surface area contributed by atoms with Crippen LogP contribution < -0.4 is 5.73 Å². The van der Waals surface area contributed by atoms with E-state index in [0.29, 0.717) is 32.1 Å². The molecule has 2 aliphatic heterocycles. The quantitative estimate of drug-likeness (QED) is 0.613. The highest BCUT2D eigenvalue weighted by molar-refractivity contribution is 5.91. The highest BCUT2D eigenvalue weighted by atomic mass is 16.6. The summed E-state index contributed by atoms with van der Waals surface area (Å²) in [5, 5.41) is 0. The van der Waals surface area contributed by atoms with Crippen LogP contribution in [0.25, 0.3) is 0 Å². The number of hydrogen-bond acceptors (Lipinski definition) is 4. The largest absolute Gasteiger partial charge is 0.494 e. The van der Waals surface area contributed by atoms with Crippen molar-refractivity contribution in [2.24, 2.45) is 5.73 Å². The Morgan fingerprint density at radius 3 is 3.00 bits per heavy atom. The molecule has 1 saturated heterocycles. The molecule has 1 fully saturated rings. The van der Waals surface area contributed by atoms with Crippen molar-refractivity contribution in [1.29, 1.82) is 0 Å². The van der Waals surface area contributed by atoms with Crippen LogP contribution in [-0.4, -0.2) is 43.2 Å². The van der Waals surface area contributed by atoms with E-state index < -0.39 is 0 Å². The normalized spacial score (nSPS) is 26.5. The highest BCUT2D eigenvalue weighted by Gasteiger charge is 2.27. The van der Waals surface area contributed by atoms with Gasteiger partial charge in [0, 0.05) is 19.1 Å². The van der Waals surface area contributed by atoms with Gasteiger partial charge in [0.1, 0.15) is 19.5 Å². The van der Waals surface area contributed by atoms with Crippen molar-refractivity contribution >= 4 is 5.91 Å². The van der Waals surface area contributed by atoms with Crippen LogP contribution in [0.2, 0.25) is 0 Å². The van der Waals surface area contributed by atoms with Crippen molar-refractivity contribution in [3.05, 3.63) is 12.0 Å².